The molecule has 3 aromatic rings. The highest BCUT2D eigenvalue weighted by atomic mass is 35.5. The van der Waals surface area contributed by atoms with Crippen molar-refractivity contribution in [3.63, 3.8) is 0 Å². The minimum atomic E-state index is -3.61. The van der Waals surface area contributed by atoms with Crippen LogP contribution in [0.3, 0.4) is 0 Å². The lowest BCUT2D eigenvalue weighted by molar-refractivity contribution is -0.133. The van der Waals surface area contributed by atoms with Gasteiger partial charge in [-0.05, 0) is 54.2 Å². The molecule has 0 bridgehead atoms. The highest BCUT2D eigenvalue weighted by Crippen LogP contribution is 2.38. The second-order valence-electron chi connectivity index (χ2n) is 11.5. The third kappa shape index (κ3) is 6.15. The maximum atomic E-state index is 13.5. The quantitative estimate of drug-likeness (QED) is 0.379. The third-order valence-electron chi connectivity index (χ3n) is 8.96. The summed E-state index contributed by atoms with van der Waals surface area (Å²) in [5, 5.41) is 3.00. The lowest BCUT2D eigenvalue weighted by Crippen LogP contribution is -2.55. The standard InChI is InChI=1S/C32H36N4O5S.ClH/c1-41-27-14-12-24(13-15-27)20-36-30(37)32(33-31(36)38)16-18-34(19-17-32)21-26-22-35(23-29(26)25-8-4-2-5-9-25)42(39,40)28-10-6-3-7-11-28;/h2-15,26,29H,16-23H2,1H3,(H,33,38);1H/t26-,29+;/m0./s1. The normalized spacial score (nSPS) is 22.4. The molecule has 6 rings (SSSR count). The number of urea groups is 1. The van der Waals surface area contributed by atoms with E-state index in [-0.39, 0.29) is 42.7 Å². The highest BCUT2D eigenvalue weighted by Gasteiger charge is 2.52. The van der Waals surface area contributed by atoms with Crippen LogP contribution in [0.5, 0.6) is 5.75 Å². The minimum Gasteiger partial charge on any atom is -0.497 e. The van der Waals surface area contributed by atoms with Gasteiger partial charge in [0.2, 0.25) is 10.0 Å². The molecule has 1 N–H and O–H groups in total. The molecule has 2 atom stereocenters. The fraction of sp³-hybridized carbons (Fsp3) is 0.375. The lowest BCUT2D eigenvalue weighted by Gasteiger charge is -2.39. The number of likely N-dealkylation sites (tertiary alicyclic amines) is 1. The van der Waals surface area contributed by atoms with Gasteiger partial charge in [0.15, 0.2) is 0 Å². The van der Waals surface area contributed by atoms with Crippen LogP contribution >= 0.6 is 12.4 Å². The molecule has 3 saturated heterocycles. The third-order valence-corrected chi connectivity index (χ3v) is 10.8. The topological polar surface area (TPSA) is 99.3 Å². The van der Waals surface area contributed by atoms with Gasteiger partial charge in [-0.2, -0.15) is 4.31 Å². The Morgan fingerprint density at radius 1 is 0.884 bits per heavy atom. The first-order valence-electron chi connectivity index (χ1n) is 14.4. The first-order chi connectivity index (χ1) is 20.3. The highest BCUT2D eigenvalue weighted by molar-refractivity contribution is 7.89. The van der Waals surface area contributed by atoms with E-state index in [0.717, 1.165) is 16.9 Å². The molecule has 0 aliphatic carbocycles. The molecule has 1 spiro atoms. The number of carbonyl (C=O) groups excluding carboxylic acids is 2. The molecule has 228 valence electrons. The molecular formula is C32H37ClN4O5S. The van der Waals surface area contributed by atoms with Crippen molar-refractivity contribution in [3.8, 4) is 5.75 Å². The van der Waals surface area contributed by atoms with Gasteiger partial charge in [0.1, 0.15) is 11.3 Å². The van der Waals surface area contributed by atoms with Crippen LogP contribution in [0.15, 0.2) is 89.8 Å². The number of rotatable bonds is 8. The fourth-order valence-electron chi connectivity index (χ4n) is 6.55. The summed E-state index contributed by atoms with van der Waals surface area (Å²) in [6.45, 7) is 3.08. The molecule has 3 amide bonds. The molecule has 3 aliphatic rings. The number of amides is 3. The number of sulfonamides is 1. The molecular weight excluding hydrogens is 588 g/mol. The first kappa shape index (κ1) is 31.0. The number of nitrogens with zero attached hydrogens (tertiary/aromatic N) is 3. The zero-order chi connectivity index (χ0) is 29.3. The van der Waals surface area contributed by atoms with Gasteiger partial charge >= 0.3 is 6.03 Å². The number of imide groups is 1. The van der Waals surface area contributed by atoms with Gasteiger partial charge in [0.05, 0.1) is 18.6 Å². The zero-order valence-electron chi connectivity index (χ0n) is 24.1. The maximum Gasteiger partial charge on any atom is 0.325 e. The van der Waals surface area contributed by atoms with E-state index in [9.17, 15) is 18.0 Å². The van der Waals surface area contributed by atoms with Crippen LogP contribution < -0.4 is 10.1 Å². The summed E-state index contributed by atoms with van der Waals surface area (Å²) in [7, 11) is -2.01. The summed E-state index contributed by atoms with van der Waals surface area (Å²) < 4.78 is 33.8. The Morgan fingerprint density at radius 2 is 1.51 bits per heavy atom. The number of carbonyl (C=O) groups is 2. The second kappa shape index (κ2) is 12.7. The molecule has 0 radical (unpaired) electrons. The van der Waals surface area contributed by atoms with Crippen molar-refractivity contribution in [1.82, 2.24) is 19.4 Å². The number of halogens is 1. The molecule has 11 heteroatoms. The fourth-order valence-corrected chi connectivity index (χ4v) is 8.10. The average Bonchev–Trinajstić information content (AvgIpc) is 3.55. The van der Waals surface area contributed by atoms with Crippen molar-refractivity contribution in [2.75, 3.05) is 39.8 Å². The molecule has 3 fully saturated rings. The zero-order valence-corrected chi connectivity index (χ0v) is 25.7. The average molecular weight is 625 g/mol. The number of hydrogen-bond acceptors (Lipinski definition) is 6. The first-order valence-corrected chi connectivity index (χ1v) is 15.8. The maximum absolute atomic E-state index is 13.5. The minimum absolute atomic E-state index is 0. The van der Waals surface area contributed by atoms with Gasteiger partial charge in [0, 0.05) is 38.6 Å². The summed E-state index contributed by atoms with van der Waals surface area (Å²) in [5.74, 6) is 0.706. The van der Waals surface area contributed by atoms with Gasteiger partial charge in [-0.1, -0.05) is 60.7 Å². The van der Waals surface area contributed by atoms with Crippen LogP contribution in [-0.4, -0.2) is 79.8 Å². The van der Waals surface area contributed by atoms with Crippen LogP contribution in [0, 0.1) is 5.92 Å². The van der Waals surface area contributed by atoms with Crippen molar-refractivity contribution in [3.05, 3.63) is 96.1 Å². The van der Waals surface area contributed by atoms with Crippen molar-refractivity contribution in [2.45, 2.75) is 35.7 Å². The van der Waals surface area contributed by atoms with Crippen LogP contribution in [0.4, 0.5) is 4.79 Å². The molecule has 9 nitrogen and oxygen atoms in total. The van der Waals surface area contributed by atoms with Crippen LogP contribution in [0.2, 0.25) is 0 Å². The summed E-state index contributed by atoms with van der Waals surface area (Å²) in [6, 6.07) is 25.7. The van der Waals surface area contributed by atoms with Crippen molar-refractivity contribution >= 4 is 34.4 Å². The number of hydrogen-bond donors (Lipinski definition) is 1. The molecule has 3 aromatic carbocycles. The summed E-state index contributed by atoms with van der Waals surface area (Å²) in [4.78, 5) is 30.3. The van der Waals surface area contributed by atoms with E-state index >= 15 is 0 Å². The number of nitrogens with one attached hydrogen (secondary N) is 1. The van der Waals surface area contributed by atoms with E-state index < -0.39 is 15.6 Å². The van der Waals surface area contributed by atoms with Gasteiger partial charge in [-0.3, -0.25) is 9.69 Å². The van der Waals surface area contributed by atoms with E-state index in [1.54, 1.807) is 35.7 Å². The Balaban J connectivity index is 0.00000368. The van der Waals surface area contributed by atoms with Crippen molar-refractivity contribution < 1.29 is 22.7 Å². The van der Waals surface area contributed by atoms with E-state index in [1.165, 1.54) is 4.90 Å². The van der Waals surface area contributed by atoms with E-state index in [4.69, 9.17) is 4.74 Å². The monoisotopic (exact) mass is 624 g/mol. The smallest absolute Gasteiger partial charge is 0.325 e. The number of methoxy groups -OCH3 is 1. The molecule has 0 saturated carbocycles. The van der Waals surface area contributed by atoms with Crippen LogP contribution in [0.1, 0.15) is 29.9 Å². The molecule has 0 unspecified atom stereocenters. The molecule has 43 heavy (non-hydrogen) atoms. The predicted octanol–water partition coefficient (Wildman–Crippen LogP) is 4.11. The predicted molar refractivity (Wildman–Crippen MR) is 166 cm³/mol. The van der Waals surface area contributed by atoms with Crippen LogP contribution in [0.25, 0.3) is 0 Å². The SMILES string of the molecule is COc1ccc(CN2C(=O)NC3(CCN(C[C@H]4CN(S(=O)(=O)c5ccccc5)C[C@@H]4c4ccccc4)CC3)C2=O)cc1.Cl. The Labute approximate surface area is 259 Å². The Morgan fingerprint density at radius 3 is 2.14 bits per heavy atom. The van der Waals surface area contributed by atoms with E-state index in [0.29, 0.717) is 50.5 Å². The molecule has 0 aromatic heterocycles. The van der Waals surface area contributed by atoms with Gasteiger partial charge < -0.3 is 15.0 Å². The van der Waals surface area contributed by atoms with Crippen LogP contribution in [-0.2, 0) is 21.4 Å². The number of ether oxygens (including phenoxy) is 1. The second-order valence-corrected chi connectivity index (χ2v) is 13.4. The van der Waals surface area contributed by atoms with Crippen molar-refractivity contribution in [2.24, 2.45) is 5.92 Å². The largest absolute Gasteiger partial charge is 0.497 e. The molecule has 3 aliphatic heterocycles. The Hall–Kier alpha value is -3.44. The molecule has 3 heterocycles. The number of benzene rings is 3. The Kier molecular flexibility index (Phi) is 9.12. The van der Waals surface area contributed by atoms with Gasteiger partial charge in [0.25, 0.3) is 5.91 Å². The van der Waals surface area contributed by atoms with Gasteiger partial charge in [-0.15, -0.1) is 12.4 Å². The van der Waals surface area contributed by atoms with E-state index in [1.807, 2.05) is 48.5 Å². The summed E-state index contributed by atoms with van der Waals surface area (Å²) in [6.07, 6.45) is 1.04. The van der Waals surface area contributed by atoms with Crippen molar-refractivity contribution in [1.29, 1.82) is 0 Å². The lowest BCUT2D eigenvalue weighted by atomic mass is 9.85. The summed E-state index contributed by atoms with van der Waals surface area (Å²) >= 11 is 0. The number of piperidine rings is 1. The van der Waals surface area contributed by atoms with Gasteiger partial charge in [-0.25, -0.2) is 13.2 Å². The Bertz CT molecular complexity index is 1530. The van der Waals surface area contributed by atoms with E-state index in [2.05, 4.69) is 22.3 Å². The summed E-state index contributed by atoms with van der Waals surface area (Å²) in [5.41, 5.74) is 1.10.